The number of halogens is 1. The highest BCUT2D eigenvalue weighted by Crippen LogP contribution is 2.26. The topological polar surface area (TPSA) is 122 Å². The molecule has 1 amide bonds. The molecule has 0 atom stereocenters. The second-order valence-electron chi connectivity index (χ2n) is 5.92. The van der Waals surface area contributed by atoms with Crippen LogP contribution in [0.25, 0.3) is 34.1 Å². The number of allylic oxidation sites excluding steroid dienone is 1. The lowest BCUT2D eigenvalue weighted by Gasteiger charge is -1.99. The van der Waals surface area contributed by atoms with Gasteiger partial charge in [0.05, 0.1) is 11.1 Å². The van der Waals surface area contributed by atoms with Gasteiger partial charge in [0.25, 0.3) is 0 Å². The number of primary amides is 1. The van der Waals surface area contributed by atoms with Crippen molar-refractivity contribution in [3.05, 3.63) is 70.3 Å². The summed E-state index contributed by atoms with van der Waals surface area (Å²) >= 11 is 3.36. The molecule has 4 aromatic rings. The third-order valence-corrected chi connectivity index (χ3v) is 4.48. The van der Waals surface area contributed by atoms with Crippen LogP contribution in [0.3, 0.4) is 0 Å². The molecule has 0 aliphatic rings. The molecule has 1 aromatic carbocycles. The third-order valence-electron chi connectivity index (χ3n) is 4.05. The Bertz CT molecular complexity index is 1260. The van der Waals surface area contributed by atoms with Gasteiger partial charge in [0.15, 0.2) is 11.5 Å². The van der Waals surface area contributed by atoms with Crippen LogP contribution in [-0.4, -0.2) is 20.9 Å². The molecule has 7 nitrogen and oxygen atoms in total. The van der Waals surface area contributed by atoms with Crippen molar-refractivity contribution in [2.45, 2.75) is 0 Å². The summed E-state index contributed by atoms with van der Waals surface area (Å²) in [6.07, 6.45) is 3.25. The summed E-state index contributed by atoms with van der Waals surface area (Å²) in [6.45, 7) is 0. The van der Waals surface area contributed by atoms with Crippen LogP contribution in [0, 0.1) is 11.3 Å². The number of fused-ring (bicyclic) bond motifs is 1. The van der Waals surface area contributed by atoms with Crippen molar-refractivity contribution >= 4 is 44.7 Å². The Balaban J connectivity index is 1.65. The SMILES string of the molecule is N#CC(=Cc1ccc(-c2ccc(C(N)=O)cc2)o1)c1nc2ncc(Br)cc2[nH]1. The van der Waals surface area contributed by atoms with Gasteiger partial charge in [-0.2, -0.15) is 5.26 Å². The Morgan fingerprint density at radius 3 is 2.75 bits per heavy atom. The first-order chi connectivity index (χ1) is 13.5. The van der Waals surface area contributed by atoms with E-state index in [0.29, 0.717) is 34.1 Å². The molecule has 8 heteroatoms. The van der Waals surface area contributed by atoms with Gasteiger partial charge in [-0.25, -0.2) is 9.97 Å². The van der Waals surface area contributed by atoms with E-state index >= 15 is 0 Å². The molecule has 0 saturated heterocycles. The summed E-state index contributed by atoms with van der Waals surface area (Å²) in [6, 6.07) is 14.3. The molecule has 0 bridgehead atoms. The average Bonchev–Trinajstić information content (AvgIpc) is 3.32. The molecule has 0 aliphatic carbocycles. The smallest absolute Gasteiger partial charge is 0.248 e. The van der Waals surface area contributed by atoms with Crippen molar-refractivity contribution in [3.63, 3.8) is 0 Å². The van der Waals surface area contributed by atoms with Crippen LogP contribution >= 0.6 is 15.9 Å². The van der Waals surface area contributed by atoms with Gasteiger partial charge < -0.3 is 15.1 Å². The van der Waals surface area contributed by atoms with Crippen LogP contribution in [0.1, 0.15) is 21.9 Å². The van der Waals surface area contributed by atoms with Crippen LogP contribution in [0.15, 0.2) is 57.6 Å². The van der Waals surface area contributed by atoms with E-state index < -0.39 is 5.91 Å². The van der Waals surface area contributed by atoms with E-state index in [2.05, 4.69) is 37.0 Å². The number of nitrogens with one attached hydrogen (secondary N) is 1. The molecular weight excluding hydrogens is 422 g/mol. The molecule has 3 aromatic heterocycles. The van der Waals surface area contributed by atoms with Gasteiger partial charge in [0.1, 0.15) is 17.6 Å². The van der Waals surface area contributed by atoms with Crippen molar-refractivity contribution in [1.29, 1.82) is 5.26 Å². The average molecular weight is 434 g/mol. The third kappa shape index (κ3) is 3.43. The first-order valence-electron chi connectivity index (χ1n) is 8.17. The molecule has 0 unspecified atom stereocenters. The maximum atomic E-state index is 11.2. The number of pyridine rings is 1. The minimum absolute atomic E-state index is 0.319. The fourth-order valence-electron chi connectivity index (χ4n) is 2.68. The first kappa shape index (κ1) is 17.7. The number of H-pyrrole nitrogens is 1. The fourth-order valence-corrected chi connectivity index (χ4v) is 3.01. The molecular formula is C20H12BrN5O2. The predicted molar refractivity (Wildman–Crippen MR) is 108 cm³/mol. The highest BCUT2D eigenvalue weighted by Gasteiger charge is 2.11. The Morgan fingerprint density at radius 1 is 1.25 bits per heavy atom. The second kappa shape index (κ2) is 7.13. The highest BCUT2D eigenvalue weighted by molar-refractivity contribution is 9.10. The van der Waals surface area contributed by atoms with Crippen LogP contribution in [-0.2, 0) is 0 Å². The lowest BCUT2D eigenvalue weighted by atomic mass is 10.1. The van der Waals surface area contributed by atoms with Crippen LogP contribution < -0.4 is 5.73 Å². The second-order valence-corrected chi connectivity index (χ2v) is 6.84. The van der Waals surface area contributed by atoms with E-state index in [1.165, 1.54) is 0 Å². The van der Waals surface area contributed by atoms with Gasteiger partial charge in [-0.1, -0.05) is 12.1 Å². The molecule has 136 valence electrons. The number of aromatic amines is 1. The fraction of sp³-hybridized carbons (Fsp3) is 0. The van der Waals surface area contributed by atoms with Crippen molar-refractivity contribution in [3.8, 4) is 17.4 Å². The number of carbonyl (C=O) groups excluding carboxylic acids is 1. The molecule has 0 aliphatic heterocycles. The van der Waals surface area contributed by atoms with Crippen molar-refractivity contribution < 1.29 is 9.21 Å². The Morgan fingerprint density at radius 2 is 2.04 bits per heavy atom. The maximum absolute atomic E-state index is 11.2. The number of hydrogen-bond acceptors (Lipinski definition) is 5. The molecule has 3 N–H and O–H groups in total. The zero-order valence-corrected chi connectivity index (χ0v) is 15.9. The Labute approximate surface area is 167 Å². The number of hydrogen-bond donors (Lipinski definition) is 2. The van der Waals surface area contributed by atoms with E-state index in [-0.39, 0.29) is 0 Å². The molecule has 4 rings (SSSR count). The number of imidazole rings is 1. The number of carbonyl (C=O) groups is 1. The van der Waals surface area contributed by atoms with Gasteiger partial charge in [0.2, 0.25) is 5.91 Å². The van der Waals surface area contributed by atoms with Crippen molar-refractivity contribution in [2.75, 3.05) is 0 Å². The molecule has 0 radical (unpaired) electrons. The predicted octanol–water partition coefficient (Wildman–Crippen LogP) is 4.14. The van der Waals surface area contributed by atoms with Gasteiger partial charge in [-0.3, -0.25) is 4.79 Å². The zero-order valence-electron chi connectivity index (χ0n) is 14.3. The van der Waals surface area contributed by atoms with E-state index in [4.69, 9.17) is 10.2 Å². The van der Waals surface area contributed by atoms with E-state index in [1.807, 2.05) is 6.07 Å². The number of nitrogens with zero attached hydrogens (tertiary/aromatic N) is 3. The minimum atomic E-state index is -0.486. The zero-order chi connectivity index (χ0) is 19.7. The molecule has 0 spiro atoms. The van der Waals surface area contributed by atoms with Gasteiger partial charge in [-0.05, 0) is 46.3 Å². The molecule has 0 fully saturated rings. The van der Waals surface area contributed by atoms with Crippen molar-refractivity contribution in [1.82, 2.24) is 15.0 Å². The molecule has 28 heavy (non-hydrogen) atoms. The van der Waals surface area contributed by atoms with Crippen molar-refractivity contribution in [2.24, 2.45) is 5.73 Å². The number of furan rings is 1. The summed E-state index contributed by atoms with van der Waals surface area (Å²) < 4.78 is 6.62. The van der Waals surface area contributed by atoms with Gasteiger partial charge in [-0.15, -0.1) is 0 Å². The minimum Gasteiger partial charge on any atom is -0.457 e. The van der Waals surface area contributed by atoms with Gasteiger partial charge >= 0.3 is 0 Å². The Kier molecular flexibility index (Phi) is 4.51. The number of benzene rings is 1. The van der Waals surface area contributed by atoms with E-state index in [0.717, 1.165) is 15.6 Å². The monoisotopic (exact) mass is 433 g/mol. The lowest BCUT2D eigenvalue weighted by Crippen LogP contribution is -2.10. The number of amides is 1. The number of nitriles is 1. The van der Waals surface area contributed by atoms with Crippen LogP contribution in [0.5, 0.6) is 0 Å². The first-order valence-corrected chi connectivity index (χ1v) is 8.96. The maximum Gasteiger partial charge on any atom is 0.248 e. The lowest BCUT2D eigenvalue weighted by molar-refractivity contribution is 0.100. The van der Waals surface area contributed by atoms with Crippen LogP contribution in [0.4, 0.5) is 0 Å². The normalized spacial score (nSPS) is 11.5. The number of aromatic nitrogens is 3. The van der Waals surface area contributed by atoms with E-state index in [1.54, 1.807) is 48.7 Å². The number of rotatable bonds is 4. The summed E-state index contributed by atoms with van der Waals surface area (Å²) in [4.78, 5) is 22.8. The Hall–Kier alpha value is -3.70. The van der Waals surface area contributed by atoms with Crippen LogP contribution in [0.2, 0.25) is 0 Å². The van der Waals surface area contributed by atoms with E-state index in [9.17, 15) is 10.1 Å². The quantitative estimate of drug-likeness (QED) is 0.468. The standard InChI is InChI=1S/C20H12BrN5O2/c21-14-8-16-20(24-10-14)26-19(25-16)13(9-22)7-15-5-6-17(28-15)11-1-3-12(4-2-11)18(23)27/h1-8,10H,(H2,23,27)(H,24,25,26). The summed E-state index contributed by atoms with van der Waals surface area (Å²) in [5, 5.41) is 9.53. The summed E-state index contributed by atoms with van der Waals surface area (Å²) in [5.41, 5.74) is 8.03. The molecule has 0 saturated carbocycles. The summed E-state index contributed by atoms with van der Waals surface area (Å²) in [5.74, 6) is 1.03. The summed E-state index contributed by atoms with van der Waals surface area (Å²) in [7, 11) is 0. The largest absolute Gasteiger partial charge is 0.457 e. The highest BCUT2D eigenvalue weighted by atomic mass is 79.9. The molecule has 3 heterocycles. The van der Waals surface area contributed by atoms with Gasteiger partial charge in [0, 0.05) is 27.9 Å². The number of nitrogens with two attached hydrogens (primary N) is 1.